The Morgan fingerprint density at radius 3 is 2.71 bits per heavy atom. The molecule has 1 fully saturated rings. The summed E-state index contributed by atoms with van der Waals surface area (Å²) in [5.74, 6) is 1.81. The average Bonchev–Trinajstić information content (AvgIpc) is 3.20. The van der Waals surface area contributed by atoms with Crippen molar-refractivity contribution in [1.29, 1.82) is 0 Å². The van der Waals surface area contributed by atoms with Gasteiger partial charge in [-0.2, -0.15) is 0 Å². The minimum Gasteiger partial charge on any atom is -0.461 e. The van der Waals surface area contributed by atoms with Gasteiger partial charge in [-0.3, -0.25) is 9.36 Å². The van der Waals surface area contributed by atoms with Gasteiger partial charge in [0.05, 0.1) is 24.2 Å². The van der Waals surface area contributed by atoms with Crippen molar-refractivity contribution in [3.8, 4) is 11.6 Å². The number of thioether (sulfide) groups is 1. The fourth-order valence-corrected chi connectivity index (χ4v) is 3.77. The minimum absolute atomic E-state index is 0.0764. The molecule has 0 N–H and O–H groups in total. The summed E-state index contributed by atoms with van der Waals surface area (Å²) in [5.41, 5.74) is 0. The van der Waals surface area contributed by atoms with Gasteiger partial charge in [-0.05, 0) is 32.9 Å². The second kappa shape index (κ2) is 7.40. The summed E-state index contributed by atoms with van der Waals surface area (Å²) in [6.07, 6.45) is 1.77. The van der Waals surface area contributed by atoms with E-state index in [-0.39, 0.29) is 18.1 Å². The molecule has 0 aliphatic carbocycles. The Labute approximate surface area is 145 Å². The van der Waals surface area contributed by atoms with Crippen LogP contribution in [0.15, 0.2) is 28.0 Å². The van der Waals surface area contributed by atoms with Gasteiger partial charge in [-0.1, -0.05) is 11.8 Å². The third kappa shape index (κ3) is 3.64. The van der Waals surface area contributed by atoms with Gasteiger partial charge < -0.3 is 14.1 Å². The summed E-state index contributed by atoms with van der Waals surface area (Å²) in [5, 5.41) is 9.14. The maximum Gasteiger partial charge on any atom is 0.233 e. The fraction of sp³-hybridized carbons (Fsp3) is 0.562. The number of furan rings is 1. The van der Waals surface area contributed by atoms with Gasteiger partial charge in [0, 0.05) is 19.6 Å². The Hall–Kier alpha value is -1.80. The number of nitrogens with zero attached hydrogens (tertiary/aromatic N) is 4. The van der Waals surface area contributed by atoms with Crippen LogP contribution in [-0.2, 0) is 16.1 Å². The molecule has 2 aromatic rings. The molecule has 0 unspecified atom stereocenters. The Morgan fingerprint density at radius 1 is 1.33 bits per heavy atom. The topological polar surface area (TPSA) is 73.4 Å². The Kier molecular flexibility index (Phi) is 5.25. The summed E-state index contributed by atoms with van der Waals surface area (Å²) in [6, 6.07) is 3.67. The second-order valence-corrected chi connectivity index (χ2v) is 6.81. The van der Waals surface area contributed by atoms with Gasteiger partial charge in [0.25, 0.3) is 0 Å². The monoisotopic (exact) mass is 350 g/mol. The molecule has 0 radical (unpaired) electrons. The van der Waals surface area contributed by atoms with E-state index in [9.17, 15) is 4.79 Å². The van der Waals surface area contributed by atoms with E-state index in [1.54, 1.807) is 6.26 Å². The lowest BCUT2D eigenvalue weighted by molar-refractivity contribution is -0.140. The van der Waals surface area contributed by atoms with E-state index >= 15 is 0 Å². The van der Waals surface area contributed by atoms with Crippen LogP contribution in [0, 0.1) is 0 Å². The first kappa shape index (κ1) is 17.0. The molecule has 0 saturated carbocycles. The molecular formula is C16H22N4O3S. The fourth-order valence-electron chi connectivity index (χ4n) is 2.87. The molecule has 1 aliphatic rings. The highest BCUT2D eigenvalue weighted by atomic mass is 32.2. The first-order valence-corrected chi connectivity index (χ1v) is 9.10. The highest BCUT2D eigenvalue weighted by Crippen LogP contribution is 2.24. The lowest BCUT2D eigenvalue weighted by atomic mass is 10.2. The van der Waals surface area contributed by atoms with Gasteiger partial charge in [0.1, 0.15) is 0 Å². The first-order chi connectivity index (χ1) is 11.6. The van der Waals surface area contributed by atoms with Crippen molar-refractivity contribution in [2.24, 2.45) is 0 Å². The Morgan fingerprint density at radius 2 is 2.08 bits per heavy atom. The van der Waals surface area contributed by atoms with Crippen molar-refractivity contribution in [3.05, 3.63) is 18.4 Å². The van der Waals surface area contributed by atoms with Gasteiger partial charge >= 0.3 is 0 Å². The summed E-state index contributed by atoms with van der Waals surface area (Å²) in [6.45, 7) is 8.00. The lowest BCUT2D eigenvalue weighted by Crippen LogP contribution is -2.48. The molecule has 2 atom stereocenters. The molecule has 24 heavy (non-hydrogen) atoms. The predicted molar refractivity (Wildman–Crippen MR) is 90.7 cm³/mol. The van der Waals surface area contributed by atoms with Crippen LogP contribution in [0.2, 0.25) is 0 Å². The van der Waals surface area contributed by atoms with Crippen LogP contribution in [0.25, 0.3) is 11.6 Å². The van der Waals surface area contributed by atoms with Crippen LogP contribution in [0.4, 0.5) is 0 Å². The van der Waals surface area contributed by atoms with E-state index in [1.807, 2.05) is 42.4 Å². The molecular weight excluding hydrogens is 328 g/mol. The number of rotatable bonds is 5. The van der Waals surface area contributed by atoms with E-state index in [2.05, 4.69) is 10.2 Å². The summed E-state index contributed by atoms with van der Waals surface area (Å²) in [4.78, 5) is 14.3. The van der Waals surface area contributed by atoms with E-state index < -0.39 is 0 Å². The molecule has 1 amide bonds. The van der Waals surface area contributed by atoms with Gasteiger partial charge in [0.2, 0.25) is 5.91 Å². The predicted octanol–water partition coefficient (Wildman–Crippen LogP) is 2.29. The molecule has 0 aromatic carbocycles. The highest BCUT2D eigenvalue weighted by Gasteiger charge is 2.26. The summed E-state index contributed by atoms with van der Waals surface area (Å²) >= 11 is 1.41. The molecule has 3 heterocycles. The number of aromatic nitrogens is 3. The third-order valence-corrected chi connectivity index (χ3v) is 4.82. The maximum absolute atomic E-state index is 12.5. The van der Waals surface area contributed by atoms with Crippen LogP contribution in [0.1, 0.15) is 20.8 Å². The normalized spacial score (nSPS) is 21.2. The molecule has 0 spiro atoms. The van der Waals surface area contributed by atoms with Crippen LogP contribution >= 0.6 is 11.8 Å². The molecule has 7 nitrogen and oxygen atoms in total. The zero-order valence-electron chi connectivity index (χ0n) is 14.1. The maximum atomic E-state index is 12.5. The van der Waals surface area contributed by atoms with Crippen LogP contribution in [-0.4, -0.2) is 56.6 Å². The number of carbonyl (C=O) groups is 1. The van der Waals surface area contributed by atoms with Gasteiger partial charge in [-0.15, -0.1) is 10.2 Å². The number of amides is 1. The quantitative estimate of drug-likeness (QED) is 0.770. The zero-order valence-corrected chi connectivity index (χ0v) is 15.0. The molecule has 1 saturated heterocycles. The molecule has 130 valence electrons. The highest BCUT2D eigenvalue weighted by molar-refractivity contribution is 7.99. The van der Waals surface area contributed by atoms with Gasteiger partial charge in [0.15, 0.2) is 16.7 Å². The number of morpholine rings is 1. The lowest BCUT2D eigenvalue weighted by Gasteiger charge is -2.35. The first-order valence-electron chi connectivity index (χ1n) is 8.11. The van der Waals surface area contributed by atoms with E-state index in [4.69, 9.17) is 9.15 Å². The summed E-state index contributed by atoms with van der Waals surface area (Å²) < 4.78 is 13.0. The number of ether oxygens (including phenoxy) is 1. The van der Waals surface area contributed by atoms with Crippen LogP contribution in [0.5, 0.6) is 0 Å². The average molecular weight is 350 g/mol. The van der Waals surface area contributed by atoms with Crippen molar-refractivity contribution >= 4 is 17.7 Å². The number of hydrogen-bond acceptors (Lipinski definition) is 6. The molecule has 3 rings (SSSR count). The van der Waals surface area contributed by atoms with Crippen LogP contribution in [0.3, 0.4) is 0 Å². The molecule has 1 aliphatic heterocycles. The molecule has 0 bridgehead atoms. The number of hydrogen-bond donors (Lipinski definition) is 0. The Bertz CT molecular complexity index is 676. The SMILES string of the molecule is CCn1c(SCC(=O)N2C[C@@H](C)O[C@@H](C)C2)nnc1-c1ccco1. The minimum atomic E-state index is 0.0764. The smallest absolute Gasteiger partial charge is 0.233 e. The molecule has 8 heteroatoms. The second-order valence-electron chi connectivity index (χ2n) is 5.87. The van der Waals surface area contributed by atoms with Crippen molar-refractivity contribution in [3.63, 3.8) is 0 Å². The van der Waals surface area contributed by atoms with E-state index in [0.29, 0.717) is 37.0 Å². The Balaban J connectivity index is 1.65. The van der Waals surface area contributed by atoms with Crippen LogP contribution < -0.4 is 0 Å². The summed E-state index contributed by atoms with van der Waals surface area (Å²) in [7, 11) is 0. The van der Waals surface area contributed by atoms with E-state index in [0.717, 1.165) is 5.16 Å². The largest absolute Gasteiger partial charge is 0.461 e. The van der Waals surface area contributed by atoms with Crippen molar-refractivity contribution < 1.29 is 13.9 Å². The number of carbonyl (C=O) groups excluding carboxylic acids is 1. The van der Waals surface area contributed by atoms with Crippen molar-refractivity contribution in [1.82, 2.24) is 19.7 Å². The zero-order chi connectivity index (χ0) is 17.1. The molecule has 2 aromatic heterocycles. The van der Waals surface area contributed by atoms with Crippen molar-refractivity contribution in [2.75, 3.05) is 18.8 Å². The van der Waals surface area contributed by atoms with Crippen molar-refractivity contribution in [2.45, 2.75) is 44.7 Å². The van der Waals surface area contributed by atoms with Gasteiger partial charge in [-0.25, -0.2) is 0 Å². The van der Waals surface area contributed by atoms with E-state index in [1.165, 1.54) is 11.8 Å². The third-order valence-electron chi connectivity index (χ3n) is 3.87. The standard InChI is InChI=1S/C16H22N4O3S/c1-4-20-15(13-6-5-7-22-13)17-18-16(20)24-10-14(21)19-8-11(2)23-12(3)9-19/h5-7,11-12H,4,8-10H2,1-3H3/t11-,12+.